The third kappa shape index (κ3) is 3.81. The molecule has 2 N–H and O–H groups in total. The van der Waals surface area contributed by atoms with Crippen LogP contribution in [0.15, 0.2) is 18.3 Å². The lowest BCUT2D eigenvalue weighted by Gasteiger charge is -2.18. The van der Waals surface area contributed by atoms with E-state index in [9.17, 15) is 9.59 Å². The van der Waals surface area contributed by atoms with E-state index < -0.39 is 11.8 Å². The number of pyridine rings is 1. The van der Waals surface area contributed by atoms with Gasteiger partial charge < -0.3 is 15.3 Å². The van der Waals surface area contributed by atoms with Crippen molar-refractivity contribution >= 4 is 17.6 Å². The molecule has 1 heterocycles. The fourth-order valence-electron chi connectivity index (χ4n) is 1.44. The quantitative estimate of drug-likeness (QED) is 0.747. The largest absolute Gasteiger partial charge is 0.395 e. The highest BCUT2D eigenvalue weighted by atomic mass is 16.3. The molecule has 18 heavy (non-hydrogen) atoms. The molecule has 0 aliphatic carbocycles. The van der Waals surface area contributed by atoms with Crippen molar-refractivity contribution in [1.82, 2.24) is 9.88 Å². The molecule has 98 valence electrons. The summed E-state index contributed by atoms with van der Waals surface area (Å²) < 4.78 is 0. The van der Waals surface area contributed by atoms with Crippen molar-refractivity contribution in [3.63, 3.8) is 0 Å². The predicted molar refractivity (Wildman–Crippen MR) is 66.9 cm³/mol. The van der Waals surface area contributed by atoms with Gasteiger partial charge in [-0.1, -0.05) is 0 Å². The number of aliphatic hydroxyl groups excluding tert-OH is 1. The number of nitrogens with one attached hydrogen (secondary N) is 1. The third-order valence-corrected chi connectivity index (χ3v) is 2.39. The van der Waals surface area contributed by atoms with Gasteiger partial charge in [0.2, 0.25) is 0 Å². The van der Waals surface area contributed by atoms with Crippen LogP contribution in [-0.2, 0) is 9.59 Å². The van der Waals surface area contributed by atoms with Crippen molar-refractivity contribution in [1.29, 1.82) is 0 Å². The third-order valence-electron chi connectivity index (χ3n) is 2.39. The number of carbonyl (C=O) groups excluding carboxylic acids is 2. The first-order valence-electron chi connectivity index (χ1n) is 5.72. The first-order valence-corrected chi connectivity index (χ1v) is 5.72. The van der Waals surface area contributed by atoms with Crippen LogP contribution < -0.4 is 5.32 Å². The van der Waals surface area contributed by atoms with E-state index in [0.29, 0.717) is 12.4 Å². The molecule has 1 aromatic heterocycles. The van der Waals surface area contributed by atoms with E-state index in [-0.39, 0.29) is 13.2 Å². The Morgan fingerprint density at radius 2 is 2.22 bits per heavy atom. The predicted octanol–water partition coefficient (Wildman–Crippen LogP) is 0.169. The van der Waals surface area contributed by atoms with Crippen molar-refractivity contribution in [3.05, 3.63) is 23.9 Å². The number of hydrogen-bond donors (Lipinski definition) is 2. The lowest BCUT2D eigenvalue weighted by atomic mass is 10.3. The van der Waals surface area contributed by atoms with Crippen LogP contribution >= 0.6 is 0 Å². The number of nitrogens with zero attached hydrogens (tertiary/aromatic N) is 2. The zero-order valence-electron chi connectivity index (χ0n) is 10.5. The number of carbonyl (C=O) groups is 2. The van der Waals surface area contributed by atoms with Gasteiger partial charge in [0.05, 0.1) is 6.61 Å². The number of hydrogen-bond acceptors (Lipinski definition) is 4. The van der Waals surface area contributed by atoms with Gasteiger partial charge in [0.15, 0.2) is 0 Å². The van der Waals surface area contributed by atoms with Crippen LogP contribution in [0.1, 0.15) is 12.5 Å². The molecule has 0 unspecified atom stereocenters. The average Bonchev–Trinajstić information content (AvgIpc) is 2.35. The summed E-state index contributed by atoms with van der Waals surface area (Å²) in [6.07, 6.45) is 1.56. The molecule has 0 saturated heterocycles. The Balaban J connectivity index is 2.67. The molecule has 0 atom stereocenters. The maximum absolute atomic E-state index is 11.7. The van der Waals surface area contributed by atoms with Gasteiger partial charge in [-0.15, -0.1) is 0 Å². The first-order chi connectivity index (χ1) is 8.58. The van der Waals surface area contributed by atoms with Crippen molar-refractivity contribution in [2.24, 2.45) is 0 Å². The van der Waals surface area contributed by atoms with Crippen molar-refractivity contribution in [3.8, 4) is 0 Å². The molecule has 0 aliphatic heterocycles. The van der Waals surface area contributed by atoms with E-state index in [4.69, 9.17) is 5.11 Å². The maximum atomic E-state index is 11.7. The molecule has 6 heteroatoms. The fourth-order valence-corrected chi connectivity index (χ4v) is 1.44. The number of aromatic nitrogens is 1. The minimum absolute atomic E-state index is 0.143. The molecule has 0 fully saturated rings. The van der Waals surface area contributed by atoms with Crippen LogP contribution in [0.2, 0.25) is 0 Å². The summed E-state index contributed by atoms with van der Waals surface area (Å²) in [5.41, 5.74) is 0.940. The zero-order valence-corrected chi connectivity index (χ0v) is 10.5. The molecule has 0 saturated carbocycles. The minimum Gasteiger partial charge on any atom is -0.395 e. The standard InChI is InChI=1S/C12H17N3O3/c1-3-15(6-7-16)12(18)11(17)14-10-8-9(2)4-5-13-10/h4-5,8,16H,3,6-7H2,1-2H3,(H,13,14,17). The van der Waals surface area contributed by atoms with Crippen molar-refractivity contribution in [2.45, 2.75) is 13.8 Å². The summed E-state index contributed by atoms with van der Waals surface area (Å²) >= 11 is 0. The van der Waals surface area contributed by atoms with E-state index in [1.807, 2.05) is 6.92 Å². The highest BCUT2D eigenvalue weighted by Gasteiger charge is 2.20. The second kappa shape index (κ2) is 6.70. The summed E-state index contributed by atoms with van der Waals surface area (Å²) in [4.78, 5) is 28.6. The van der Waals surface area contributed by atoms with Gasteiger partial charge in [-0.25, -0.2) is 4.98 Å². The second-order valence-corrected chi connectivity index (χ2v) is 3.78. The maximum Gasteiger partial charge on any atom is 0.315 e. The number of aryl methyl sites for hydroxylation is 1. The Kier molecular flexibility index (Phi) is 5.26. The number of amides is 2. The summed E-state index contributed by atoms with van der Waals surface area (Å²) in [5, 5.41) is 11.2. The number of anilines is 1. The van der Waals surface area contributed by atoms with Crippen LogP contribution in [0.4, 0.5) is 5.82 Å². The summed E-state index contributed by atoms with van der Waals surface area (Å²) in [7, 11) is 0. The molecule has 0 aliphatic rings. The van der Waals surface area contributed by atoms with E-state index in [1.54, 1.807) is 25.3 Å². The molecule has 0 aromatic carbocycles. The molecule has 0 bridgehead atoms. The van der Waals surface area contributed by atoms with E-state index >= 15 is 0 Å². The van der Waals surface area contributed by atoms with Gasteiger partial charge in [0.1, 0.15) is 5.82 Å². The SMILES string of the molecule is CCN(CCO)C(=O)C(=O)Nc1cc(C)ccn1. The van der Waals surface area contributed by atoms with Gasteiger partial charge in [0.25, 0.3) is 0 Å². The van der Waals surface area contributed by atoms with Crippen LogP contribution in [0, 0.1) is 6.92 Å². The molecular formula is C12H17N3O3. The smallest absolute Gasteiger partial charge is 0.315 e. The van der Waals surface area contributed by atoms with Crippen LogP contribution in [-0.4, -0.2) is 46.5 Å². The first kappa shape index (κ1) is 14.1. The van der Waals surface area contributed by atoms with Gasteiger partial charge >= 0.3 is 11.8 Å². The van der Waals surface area contributed by atoms with Gasteiger partial charge in [0, 0.05) is 19.3 Å². The number of likely N-dealkylation sites (N-methyl/N-ethyl adjacent to an activating group) is 1. The highest BCUT2D eigenvalue weighted by Crippen LogP contribution is 2.05. The molecule has 1 aromatic rings. The lowest BCUT2D eigenvalue weighted by Crippen LogP contribution is -2.41. The van der Waals surface area contributed by atoms with E-state index in [0.717, 1.165) is 5.56 Å². The molecule has 0 spiro atoms. The molecule has 1 rings (SSSR count). The second-order valence-electron chi connectivity index (χ2n) is 3.78. The van der Waals surface area contributed by atoms with Crippen molar-refractivity contribution < 1.29 is 14.7 Å². The monoisotopic (exact) mass is 251 g/mol. The molecule has 2 amide bonds. The van der Waals surface area contributed by atoms with Gasteiger partial charge in [-0.05, 0) is 31.5 Å². The van der Waals surface area contributed by atoms with E-state index in [1.165, 1.54) is 4.90 Å². The Morgan fingerprint density at radius 3 is 2.78 bits per heavy atom. The lowest BCUT2D eigenvalue weighted by molar-refractivity contribution is -0.143. The Morgan fingerprint density at radius 1 is 1.50 bits per heavy atom. The van der Waals surface area contributed by atoms with Crippen LogP contribution in [0.3, 0.4) is 0 Å². The van der Waals surface area contributed by atoms with Crippen LogP contribution in [0.5, 0.6) is 0 Å². The summed E-state index contributed by atoms with van der Waals surface area (Å²) in [5.74, 6) is -1.08. The summed E-state index contributed by atoms with van der Waals surface area (Å²) in [6, 6.07) is 3.47. The van der Waals surface area contributed by atoms with Gasteiger partial charge in [-0.3, -0.25) is 9.59 Å². The Hall–Kier alpha value is -1.95. The fraction of sp³-hybridized carbons (Fsp3) is 0.417. The van der Waals surface area contributed by atoms with Gasteiger partial charge in [-0.2, -0.15) is 0 Å². The average molecular weight is 251 g/mol. The van der Waals surface area contributed by atoms with Crippen molar-refractivity contribution in [2.75, 3.05) is 25.0 Å². The molecular weight excluding hydrogens is 234 g/mol. The normalized spacial score (nSPS) is 9.94. The zero-order chi connectivity index (χ0) is 13.5. The topological polar surface area (TPSA) is 82.5 Å². The minimum atomic E-state index is -0.747. The summed E-state index contributed by atoms with van der Waals surface area (Å²) in [6.45, 7) is 3.95. The molecule has 0 radical (unpaired) electrons. The van der Waals surface area contributed by atoms with E-state index in [2.05, 4.69) is 10.3 Å². The number of aliphatic hydroxyl groups is 1. The Bertz CT molecular complexity index is 434. The highest BCUT2D eigenvalue weighted by molar-refractivity contribution is 6.39. The van der Waals surface area contributed by atoms with Crippen LogP contribution in [0.25, 0.3) is 0 Å². The molecule has 6 nitrogen and oxygen atoms in total. The number of rotatable bonds is 4. The Labute approximate surface area is 106 Å².